The number of rotatable bonds is 4. The topological polar surface area (TPSA) is 69.6 Å². The van der Waals surface area contributed by atoms with Crippen LogP contribution in [0.5, 0.6) is 0 Å². The number of urea groups is 1. The zero-order chi connectivity index (χ0) is 13.8. The first-order valence-electron chi connectivity index (χ1n) is 6.57. The van der Waals surface area contributed by atoms with Crippen molar-refractivity contribution in [1.82, 2.24) is 10.2 Å². The summed E-state index contributed by atoms with van der Waals surface area (Å²) in [4.78, 5) is 24.1. The standard InChI is InChI=1S/C13H24N2O3/c1-10-6-8-15(9-13(10,2)3)12(18)14-7-4-5-11(16)17/h10H,4-9H2,1-3H3,(H,14,18)(H,16,17). The summed E-state index contributed by atoms with van der Waals surface area (Å²) in [7, 11) is 0. The molecule has 2 amide bonds. The fourth-order valence-corrected chi connectivity index (χ4v) is 2.19. The minimum atomic E-state index is -0.822. The van der Waals surface area contributed by atoms with E-state index >= 15 is 0 Å². The van der Waals surface area contributed by atoms with E-state index in [0.29, 0.717) is 18.9 Å². The molecule has 1 unspecified atom stereocenters. The number of nitrogens with zero attached hydrogens (tertiary/aromatic N) is 1. The van der Waals surface area contributed by atoms with Crippen molar-refractivity contribution in [1.29, 1.82) is 0 Å². The molecule has 1 heterocycles. The van der Waals surface area contributed by atoms with Gasteiger partial charge in [-0.05, 0) is 24.2 Å². The smallest absolute Gasteiger partial charge is 0.317 e. The van der Waals surface area contributed by atoms with Gasteiger partial charge in [-0.2, -0.15) is 0 Å². The quantitative estimate of drug-likeness (QED) is 0.755. The molecule has 1 saturated heterocycles. The summed E-state index contributed by atoms with van der Waals surface area (Å²) in [5.74, 6) is -0.203. The third-order valence-corrected chi connectivity index (χ3v) is 3.90. The first kappa shape index (κ1) is 14.8. The summed E-state index contributed by atoms with van der Waals surface area (Å²) < 4.78 is 0. The molecule has 1 aliphatic heterocycles. The molecule has 0 bridgehead atoms. The molecule has 104 valence electrons. The molecule has 0 aliphatic carbocycles. The number of nitrogens with one attached hydrogen (secondary N) is 1. The van der Waals surface area contributed by atoms with Gasteiger partial charge in [0.05, 0.1) is 0 Å². The van der Waals surface area contributed by atoms with Crippen LogP contribution in [-0.4, -0.2) is 41.6 Å². The number of aliphatic carboxylic acids is 1. The number of likely N-dealkylation sites (tertiary alicyclic amines) is 1. The van der Waals surface area contributed by atoms with Gasteiger partial charge in [-0.25, -0.2) is 4.79 Å². The molecule has 1 rings (SSSR count). The van der Waals surface area contributed by atoms with E-state index in [4.69, 9.17) is 5.11 Å². The fourth-order valence-electron chi connectivity index (χ4n) is 2.19. The van der Waals surface area contributed by atoms with Crippen LogP contribution < -0.4 is 5.32 Å². The van der Waals surface area contributed by atoms with E-state index < -0.39 is 5.97 Å². The van der Waals surface area contributed by atoms with Crippen molar-refractivity contribution in [2.75, 3.05) is 19.6 Å². The number of carbonyl (C=O) groups excluding carboxylic acids is 1. The van der Waals surface area contributed by atoms with Gasteiger partial charge in [0, 0.05) is 26.1 Å². The third-order valence-electron chi connectivity index (χ3n) is 3.90. The van der Waals surface area contributed by atoms with Crippen molar-refractivity contribution >= 4 is 12.0 Å². The second kappa shape index (κ2) is 6.07. The molecule has 2 N–H and O–H groups in total. The Morgan fingerprint density at radius 3 is 2.67 bits per heavy atom. The Bertz CT molecular complexity index is 315. The lowest BCUT2D eigenvalue weighted by atomic mass is 9.75. The number of carboxylic acid groups (broad SMARTS) is 1. The first-order valence-corrected chi connectivity index (χ1v) is 6.57. The van der Waals surface area contributed by atoms with Crippen molar-refractivity contribution < 1.29 is 14.7 Å². The van der Waals surface area contributed by atoms with E-state index in [-0.39, 0.29) is 17.9 Å². The van der Waals surface area contributed by atoms with Gasteiger partial charge in [0.1, 0.15) is 0 Å². The summed E-state index contributed by atoms with van der Waals surface area (Å²) in [6.07, 6.45) is 1.60. The molecular formula is C13H24N2O3. The van der Waals surface area contributed by atoms with Gasteiger partial charge in [0.15, 0.2) is 0 Å². The molecule has 5 nitrogen and oxygen atoms in total. The third kappa shape index (κ3) is 4.20. The van der Waals surface area contributed by atoms with Gasteiger partial charge in [0.2, 0.25) is 0 Å². The van der Waals surface area contributed by atoms with E-state index in [1.54, 1.807) is 0 Å². The molecule has 18 heavy (non-hydrogen) atoms. The van der Waals surface area contributed by atoms with Crippen molar-refractivity contribution in [2.24, 2.45) is 11.3 Å². The van der Waals surface area contributed by atoms with Gasteiger partial charge in [-0.1, -0.05) is 20.8 Å². The molecule has 5 heteroatoms. The predicted octanol–water partition coefficient (Wildman–Crippen LogP) is 1.93. The lowest BCUT2D eigenvalue weighted by Gasteiger charge is -2.42. The maximum Gasteiger partial charge on any atom is 0.317 e. The second-order valence-corrected chi connectivity index (χ2v) is 5.83. The lowest BCUT2D eigenvalue weighted by Crippen LogP contribution is -2.51. The van der Waals surface area contributed by atoms with Crippen molar-refractivity contribution in [2.45, 2.75) is 40.0 Å². The minimum absolute atomic E-state index is 0.0691. The van der Waals surface area contributed by atoms with Crippen molar-refractivity contribution in [3.8, 4) is 0 Å². The van der Waals surface area contributed by atoms with Gasteiger partial charge in [-0.3, -0.25) is 4.79 Å². The number of carboxylic acids is 1. The Morgan fingerprint density at radius 1 is 1.44 bits per heavy atom. The Kier molecular flexibility index (Phi) is 4.99. The molecule has 1 atom stereocenters. The highest BCUT2D eigenvalue weighted by Crippen LogP contribution is 2.34. The second-order valence-electron chi connectivity index (χ2n) is 5.83. The Balaban J connectivity index is 2.32. The maximum atomic E-state index is 11.9. The molecule has 1 aliphatic rings. The van der Waals surface area contributed by atoms with Gasteiger partial charge >= 0.3 is 12.0 Å². The highest BCUT2D eigenvalue weighted by atomic mass is 16.4. The summed E-state index contributed by atoms with van der Waals surface area (Å²) in [6, 6.07) is -0.0691. The minimum Gasteiger partial charge on any atom is -0.481 e. The monoisotopic (exact) mass is 256 g/mol. The van der Waals surface area contributed by atoms with E-state index in [1.807, 2.05) is 4.90 Å². The molecule has 1 fully saturated rings. The van der Waals surface area contributed by atoms with Gasteiger partial charge in [0.25, 0.3) is 0 Å². The summed E-state index contributed by atoms with van der Waals surface area (Å²) in [6.45, 7) is 8.57. The molecule has 0 aromatic rings. The Hall–Kier alpha value is -1.26. The van der Waals surface area contributed by atoms with Crippen molar-refractivity contribution in [3.05, 3.63) is 0 Å². The molecule has 0 aromatic carbocycles. The molecule has 0 saturated carbocycles. The van der Waals surface area contributed by atoms with E-state index in [0.717, 1.165) is 19.5 Å². The van der Waals surface area contributed by atoms with Crippen LogP contribution >= 0.6 is 0 Å². The van der Waals surface area contributed by atoms with Crippen LogP contribution in [0.4, 0.5) is 4.79 Å². The predicted molar refractivity (Wildman–Crippen MR) is 69.4 cm³/mol. The van der Waals surface area contributed by atoms with Crippen LogP contribution in [0.2, 0.25) is 0 Å². The van der Waals surface area contributed by atoms with E-state index in [1.165, 1.54) is 0 Å². The molecular weight excluding hydrogens is 232 g/mol. The van der Waals surface area contributed by atoms with Crippen LogP contribution in [-0.2, 0) is 4.79 Å². The lowest BCUT2D eigenvalue weighted by molar-refractivity contribution is -0.137. The average Bonchev–Trinajstić information content (AvgIpc) is 2.27. The van der Waals surface area contributed by atoms with Crippen LogP contribution in [0.25, 0.3) is 0 Å². The Morgan fingerprint density at radius 2 is 2.11 bits per heavy atom. The summed E-state index contributed by atoms with van der Waals surface area (Å²) in [5, 5.41) is 11.3. The Labute approximate surface area is 109 Å². The van der Waals surface area contributed by atoms with Crippen LogP contribution in [0.15, 0.2) is 0 Å². The van der Waals surface area contributed by atoms with Crippen LogP contribution in [0.1, 0.15) is 40.0 Å². The number of amides is 2. The van der Waals surface area contributed by atoms with E-state index in [9.17, 15) is 9.59 Å². The molecule has 0 spiro atoms. The van der Waals surface area contributed by atoms with Crippen LogP contribution in [0.3, 0.4) is 0 Å². The first-order chi connectivity index (χ1) is 8.33. The van der Waals surface area contributed by atoms with E-state index in [2.05, 4.69) is 26.1 Å². The largest absolute Gasteiger partial charge is 0.481 e. The normalized spacial score (nSPS) is 22.6. The average molecular weight is 256 g/mol. The summed E-state index contributed by atoms with van der Waals surface area (Å²) >= 11 is 0. The molecule has 0 aromatic heterocycles. The number of carbonyl (C=O) groups is 2. The number of hydrogen-bond donors (Lipinski definition) is 2. The van der Waals surface area contributed by atoms with Gasteiger partial charge in [-0.15, -0.1) is 0 Å². The maximum absolute atomic E-state index is 11.9. The van der Waals surface area contributed by atoms with Crippen molar-refractivity contribution in [3.63, 3.8) is 0 Å². The number of piperidine rings is 1. The fraction of sp³-hybridized carbons (Fsp3) is 0.846. The zero-order valence-electron chi connectivity index (χ0n) is 11.5. The molecule has 0 radical (unpaired) electrons. The summed E-state index contributed by atoms with van der Waals surface area (Å²) in [5.41, 5.74) is 0.149. The van der Waals surface area contributed by atoms with Gasteiger partial charge < -0.3 is 15.3 Å². The SMILES string of the molecule is CC1CCN(C(=O)NCCCC(=O)O)CC1(C)C. The number of hydrogen-bond acceptors (Lipinski definition) is 2. The zero-order valence-corrected chi connectivity index (χ0v) is 11.5. The highest BCUT2D eigenvalue weighted by molar-refractivity contribution is 5.74. The van der Waals surface area contributed by atoms with Crippen LogP contribution in [0, 0.1) is 11.3 Å². The highest BCUT2D eigenvalue weighted by Gasteiger charge is 2.34.